The van der Waals surface area contributed by atoms with Gasteiger partial charge in [-0.05, 0) is 40.4 Å². The third-order valence-electron chi connectivity index (χ3n) is 2.88. The number of aromatic hydroxyl groups is 1. The second kappa shape index (κ2) is 8.26. The van der Waals surface area contributed by atoms with Crippen LogP contribution in [-0.4, -0.2) is 28.5 Å². The number of benzene rings is 1. The minimum Gasteiger partial charge on any atom is -0.506 e. The lowest BCUT2D eigenvalue weighted by molar-refractivity contribution is -0.141. The van der Waals surface area contributed by atoms with E-state index >= 15 is 0 Å². The van der Waals surface area contributed by atoms with Crippen molar-refractivity contribution in [3.05, 3.63) is 26.6 Å². The van der Waals surface area contributed by atoms with E-state index in [0.717, 1.165) is 4.47 Å². The van der Waals surface area contributed by atoms with E-state index < -0.39 is 6.10 Å². The van der Waals surface area contributed by atoms with Crippen LogP contribution in [0.15, 0.2) is 21.1 Å². The quantitative estimate of drug-likeness (QED) is 0.480. The number of hydrogen-bond donors (Lipinski definition) is 3. The fraction of sp³-hybridized carbons (Fsp3) is 0.462. The van der Waals surface area contributed by atoms with E-state index in [4.69, 9.17) is 4.74 Å². The summed E-state index contributed by atoms with van der Waals surface area (Å²) in [6.07, 6.45) is -0.358. The number of ether oxygens (including phenoxy) is 1. The Morgan fingerprint density at radius 3 is 2.70 bits per heavy atom. The molecule has 0 bridgehead atoms. The number of hydrogen-bond acceptors (Lipinski definition) is 5. The first-order valence-corrected chi connectivity index (χ1v) is 8.21. The van der Waals surface area contributed by atoms with Crippen LogP contribution in [0.4, 0.5) is 0 Å². The number of phenolic OH excluding ortho intramolecular Hbond substituents is 1. The highest BCUT2D eigenvalue weighted by molar-refractivity contribution is 9.11. The SMILES string of the molecule is C[C@@H](CCOC(=O)CS)[C@H](O)c1cc(Br)cc(Br)c1O. The summed E-state index contributed by atoms with van der Waals surface area (Å²) in [4.78, 5) is 11.0. The molecular formula is C13H16Br2O4S. The minimum absolute atomic E-state index is 0.0138. The number of phenols is 1. The predicted octanol–water partition coefficient (Wildman–Crippen LogP) is 3.45. The van der Waals surface area contributed by atoms with Crippen molar-refractivity contribution in [2.24, 2.45) is 5.92 Å². The van der Waals surface area contributed by atoms with Gasteiger partial charge in [0.2, 0.25) is 0 Å². The molecule has 2 atom stereocenters. The van der Waals surface area contributed by atoms with Crippen molar-refractivity contribution in [3.8, 4) is 5.75 Å². The third-order valence-corrected chi connectivity index (χ3v) is 4.20. The maximum Gasteiger partial charge on any atom is 0.315 e. The molecule has 1 aromatic carbocycles. The first-order chi connectivity index (χ1) is 9.36. The van der Waals surface area contributed by atoms with Crippen molar-refractivity contribution < 1.29 is 19.7 Å². The summed E-state index contributed by atoms with van der Waals surface area (Å²) in [5, 5.41) is 20.3. The number of carbonyl (C=O) groups is 1. The topological polar surface area (TPSA) is 66.8 Å². The average Bonchev–Trinajstić information content (AvgIpc) is 2.41. The third kappa shape index (κ3) is 4.95. The number of halogens is 2. The van der Waals surface area contributed by atoms with E-state index in [1.807, 2.05) is 6.92 Å². The maximum absolute atomic E-state index is 11.0. The predicted molar refractivity (Wildman–Crippen MR) is 87.1 cm³/mol. The molecule has 1 rings (SSSR count). The molecule has 0 radical (unpaired) electrons. The van der Waals surface area contributed by atoms with Gasteiger partial charge in [-0.15, -0.1) is 0 Å². The van der Waals surface area contributed by atoms with Crippen LogP contribution in [0.25, 0.3) is 0 Å². The number of aliphatic hydroxyl groups excluding tert-OH is 1. The molecule has 0 amide bonds. The lowest BCUT2D eigenvalue weighted by Gasteiger charge is -2.20. The molecule has 0 aliphatic heterocycles. The number of thiol groups is 1. The van der Waals surface area contributed by atoms with Gasteiger partial charge in [-0.2, -0.15) is 12.6 Å². The monoisotopic (exact) mass is 426 g/mol. The number of aliphatic hydroxyl groups is 1. The molecule has 1 aromatic rings. The molecule has 0 aromatic heterocycles. The summed E-state index contributed by atoms with van der Waals surface area (Å²) < 4.78 is 6.18. The smallest absolute Gasteiger partial charge is 0.315 e. The average molecular weight is 428 g/mol. The van der Waals surface area contributed by atoms with Crippen LogP contribution in [0.1, 0.15) is 25.0 Å². The zero-order valence-corrected chi connectivity index (χ0v) is 14.9. The molecule has 4 nitrogen and oxygen atoms in total. The van der Waals surface area contributed by atoms with Gasteiger partial charge in [0.15, 0.2) is 0 Å². The van der Waals surface area contributed by atoms with E-state index in [9.17, 15) is 15.0 Å². The molecule has 0 saturated carbocycles. The maximum atomic E-state index is 11.0. The molecule has 0 saturated heterocycles. The first kappa shape index (κ1) is 17.8. The Hall–Kier alpha value is -0.240. The molecule has 7 heteroatoms. The van der Waals surface area contributed by atoms with Crippen molar-refractivity contribution in [1.29, 1.82) is 0 Å². The Labute approximate surface area is 140 Å². The zero-order chi connectivity index (χ0) is 15.3. The van der Waals surface area contributed by atoms with E-state index in [-0.39, 0.29) is 30.0 Å². The number of carbonyl (C=O) groups excluding carboxylic acids is 1. The Balaban J connectivity index is 2.69. The van der Waals surface area contributed by atoms with Gasteiger partial charge >= 0.3 is 5.97 Å². The second-order valence-corrected chi connectivity index (χ2v) is 6.50. The fourth-order valence-corrected chi connectivity index (χ4v) is 3.03. The van der Waals surface area contributed by atoms with Gasteiger partial charge in [-0.1, -0.05) is 22.9 Å². The van der Waals surface area contributed by atoms with Crippen LogP contribution >= 0.6 is 44.5 Å². The van der Waals surface area contributed by atoms with Gasteiger partial charge in [0.25, 0.3) is 0 Å². The van der Waals surface area contributed by atoms with Crippen molar-refractivity contribution in [1.82, 2.24) is 0 Å². The van der Waals surface area contributed by atoms with Crippen LogP contribution in [0.3, 0.4) is 0 Å². The van der Waals surface area contributed by atoms with Gasteiger partial charge in [-0.25, -0.2) is 0 Å². The lowest BCUT2D eigenvalue weighted by Crippen LogP contribution is -2.14. The summed E-state index contributed by atoms with van der Waals surface area (Å²) >= 11 is 10.3. The van der Waals surface area contributed by atoms with Crippen LogP contribution in [0.5, 0.6) is 5.75 Å². The summed E-state index contributed by atoms with van der Waals surface area (Å²) in [7, 11) is 0. The lowest BCUT2D eigenvalue weighted by atomic mass is 9.94. The normalized spacial score (nSPS) is 13.8. The molecule has 0 heterocycles. The van der Waals surface area contributed by atoms with Crippen LogP contribution in [0, 0.1) is 5.92 Å². The number of rotatable bonds is 6. The van der Waals surface area contributed by atoms with Gasteiger partial charge < -0.3 is 14.9 Å². The first-order valence-electron chi connectivity index (χ1n) is 5.99. The zero-order valence-electron chi connectivity index (χ0n) is 10.8. The Bertz CT molecular complexity index is 482. The highest BCUT2D eigenvalue weighted by Gasteiger charge is 2.21. The summed E-state index contributed by atoms with van der Waals surface area (Å²) in [5.41, 5.74) is 0.430. The largest absolute Gasteiger partial charge is 0.506 e. The van der Waals surface area contributed by atoms with Crippen molar-refractivity contribution in [3.63, 3.8) is 0 Å². The molecule has 0 aliphatic carbocycles. The van der Waals surface area contributed by atoms with E-state index in [2.05, 4.69) is 44.5 Å². The second-order valence-electron chi connectivity index (χ2n) is 4.41. The molecule has 0 fully saturated rings. The van der Waals surface area contributed by atoms with Gasteiger partial charge in [0, 0.05) is 10.0 Å². The molecule has 0 unspecified atom stereocenters. The fourth-order valence-electron chi connectivity index (χ4n) is 1.68. The van der Waals surface area contributed by atoms with Crippen molar-refractivity contribution in [2.45, 2.75) is 19.4 Å². The molecule has 2 N–H and O–H groups in total. The Morgan fingerprint density at radius 1 is 1.45 bits per heavy atom. The van der Waals surface area contributed by atoms with Gasteiger partial charge in [0.1, 0.15) is 5.75 Å². The minimum atomic E-state index is -0.849. The summed E-state index contributed by atoms with van der Waals surface area (Å²) in [6, 6.07) is 3.37. The molecular weight excluding hydrogens is 412 g/mol. The van der Waals surface area contributed by atoms with Gasteiger partial charge in [-0.3, -0.25) is 4.79 Å². The van der Waals surface area contributed by atoms with Crippen molar-refractivity contribution >= 4 is 50.5 Å². The van der Waals surface area contributed by atoms with E-state index in [1.54, 1.807) is 12.1 Å². The Kier molecular flexibility index (Phi) is 7.36. The molecule has 112 valence electrons. The highest BCUT2D eigenvalue weighted by atomic mass is 79.9. The highest BCUT2D eigenvalue weighted by Crippen LogP contribution is 2.38. The summed E-state index contributed by atoms with van der Waals surface area (Å²) in [5.74, 6) is -0.506. The molecule has 20 heavy (non-hydrogen) atoms. The van der Waals surface area contributed by atoms with E-state index in [0.29, 0.717) is 16.5 Å². The molecule has 0 aliphatic rings. The van der Waals surface area contributed by atoms with Gasteiger partial charge in [0.05, 0.1) is 22.9 Å². The van der Waals surface area contributed by atoms with Crippen LogP contribution in [-0.2, 0) is 9.53 Å². The van der Waals surface area contributed by atoms with Crippen LogP contribution in [0.2, 0.25) is 0 Å². The Morgan fingerprint density at radius 2 is 2.10 bits per heavy atom. The van der Waals surface area contributed by atoms with E-state index in [1.165, 1.54) is 0 Å². The number of esters is 1. The van der Waals surface area contributed by atoms with Crippen LogP contribution < -0.4 is 0 Å². The summed E-state index contributed by atoms with van der Waals surface area (Å²) in [6.45, 7) is 2.04. The molecule has 0 spiro atoms. The standard InChI is InChI=1S/C13H16Br2O4S/c1-7(2-3-19-11(16)6-20)12(17)9-4-8(14)5-10(15)13(9)18/h4-5,7,12,17-18,20H,2-3,6H2,1H3/t7-,12-/m0/s1. The van der Waals surface area contributed by atoms with Crippen molar-refractivity contribution in [2.75, 3.05) is 12.4 Å².